The van der Waals surface area contributed by atoms with Gasteiger partial charge in [-0.1, -0.05) is 18.2 Å². The Morgan fingerprint density at radius 1 is 1.22 bits per heavy atom. The average Bonchev–Trinajstić information content (AvgIpc) is 3.12. The number of nitrogens with zero attached hydrogens (tertiary/aromatic N) is 3. The standard InChI is InChI=1S/C20H23N3O3S/c1-13-10-14-11-16(25-2)8-9-17(14)23-19(13)21-22-20(23)27-12-18(24)26-15-6-4-3-5-7-15/h8-11,15H,3-7,12H2,1-2H3. The maximum absolute atomic E-state index is 12.2. The molecule has 0 bridgehead atoms. The van der Waals surface area contributed by atoms with Gasteiger partial charge in [-0.25, -0.2) is 0 Å². The van der Waals surface area contributed by atoms with Gasteiger partial charge in [0.1, 0.15) is 11.9 Å². The molecule has 0 saturated heterocycles. The van der Waals surface area contributed by atoms with Crippen LogP contribution >= 0.6 is 11.8 Å². The van der Waals surface area contributed by atoms with E-state index in [0.717, 1.165) is 53.5 Å². The molecule has 1 fully saturated rings. The van der Waals surface area contributed by atoms with Crippen LogP contribution in [-0.2, 0) is 9.53 Å². The lowest BCUT2D eigenvalue weighted by molar-refractivity contribution is -0.147. The van der Waals surface area contributed by atoms with Crippen molar-refractivity contribution in [2.75, 3.05) is 12.9 Å². The fourth-order valence-electron chi connectivity index (χ4n) is 3.64. The second-order valence-corrected chi connectivity index (χ2v) is 7.87. The molecule has 2 heterocycles. The van der Waals surface area contributed by atoms with E-state index >= 15 is 0 Å². The number of hydrogen-bond donors (Lipinski definition) is 0. The van der Waals surface area contributed by atoms with Gasteiger partial charge in [-0.15, -0.1) is 10.2 Å². The van der Waals surface area contributed by atoms with Gasteiger partial charge in [0.2, 0.25) is 0 Å². The normalized spacial score (nSPS) is 15.3. The van der Waals surface area contributed by atoms with Crippen molar-refractivity contribution in [2.24, 2.45) is 0 Å². The molecule has 27 heavy (non-hydrogen) atoms. The van der Waals surface area contributed by atoms with E-state index in [1.54, 1.807) is 7.11 Å². The minimum absolute atomic E-state index is 0.0810. The van der Waals surface area contributed by atoms with E-state index < -0.39 is 0 Å². The van der Waals surface area contributed by atoms with Crippen LogP contribution < -0.4 is 4.74 Å². The largest absolute Gasteiger partial charge is 0.497 e. The zero-order valence-electron chi connectivity index (χ0n) is 15.6. The number of ether oxygens (including phenoxy) is 2. The monoisotopic (exact) mass is 385 g/mol. The Kier molecular flexibility index (Phi) is 5.20. The first-order valence-corrected chi connectivity index (χ1v) is 10.3. The van der Waals surface area contributed by atoms with Crippen molar-refractivity contribution in [3.05, 3.63) is 29.8 Å². The number of carbonyl (C=O) groups excluding carboxylic acids is 1. The van der Waals surface area contributed by atoms with Crippen LogP contribution in [0.25, 0.3) is 16.6 Å². The van der Waals surface area contributed by atoms with Gasteiger partial charge < -0.3 is 9.47 Å². The number of fused-ring (bicyclic) bond motifs is 3. The SMILES string of the molecule is COc1ccc2c(c1)cc(C)c1nnc(SCC(=O)OC3CCCCC3)n12. The average molecular weight is 385 g/mol. The molecule has 1 saturated carbocycles. The van der Waals surface area contributed by atoms with E-state index in [4.69, 9.17) is 9.47 Å². The number of esters is 1. The van der Waals surface area contributed by atoms with Crippen molar-refractivity contribution < 1.29 is 14.3 Å². The molecule has 1 aliphatic rings. The first-order valence-electron chi connectivity index (χ1n) is 9.30. The number of carbonyl (C=O) groups is 1. The van der Waals surface area contributed by atoms with Crippen LogP contribution in [0, 0.1) is 6.92 Å². The third-order valence-corrected chi connectivity index (χ3v) is 5.91. The summed E-state index contributed by atoms with van der Waals surface area (Å²) >= 11 is 1.37. The van der Waals surface area contributed by atoms with Crippen LogP contribution in [-0.4, -0.2) is 39.5 Å². The predicted octanol–water partition coefficient (Wildman–Crippen LogP) is 4.17. The fourth-order valence-corrected chi connectivity index (χ4v) is 4.37. The maximum atomic E-state index is 12.2. The third-order valence-electron chi connectivity index (χ3n) is 5.00. The molecule has 7 heteroatoms. The zero-order valence-corrected chi connectivity index (χ0v) is 16.4. The highest BCUT2D eigenvalue weighted by Gasteiger charge is 2.19. The minimum atomic E-state index is -0.178. The molecule has 0 atom stereocenters. The molecule has 2 aromatic heterocycles. The van der Waals surface area contributed by atoms with Gasteiger partial charge in [0.25, 0.3) is 0 Å². The number of hydrogen-bond acceptors (Lipinski definition) is 6. The summed E-state index contributed by atoms with van der Waals surface area (Å²) in [7, 11) is 1.66. The van der Waals surface area contributed by atoms with E-state index in [-0.39, 0.29) is 17.8 Å². The van der Waals surface area contributed by atoms with Crippen LogP contribution in [0.2, 0.25) is 0 Å². The molecule has 1 aromatic carbocycles. The third kappa shape index (κ3) is 3.74. The topological polar surface area (TPSA) is 65.7 Å². The van der Waals surface area contributed by atoms with Crippen LogP contribution in [0.5, 0.6) is 5.75 Å². The summed E-state index contributed by atoms with van der Waals surface area (Å²) in [5.41, 5.74) is 2.82. The summed E-state index contributed by atoms with van der Waals surface area (Å²) in [5.74, 6) is 0.866. The van der Waals surface area contributed by atoms with Crippen LogP contribution in [0.1, 0.15) is 37.7 Å². The van der Waals surface area contributed by atoms with Crippen molar-refractivity contribution in [3.63, 3.8) is 0 Å². The molecule has 0 amide bonds. The van der Waals surface area contributed by atoms with E-state index in [9.17, 15) is 4.79 Å². The molecule has 0 unspecified atom stereocenters. The highest BCUT2D eigenvalue weighted by atomic mass is 32.2. The van der Waals surface area contributed by atoms with Crippen molar-refractivity contribution in [3.8, 4) is 5.75 Å². The molecular weight excluding hydrogens is 362 g/mol. The van der Waals surface area contributed by atoms with Gasteiger partial charge >= 0.3 is 5.97 Å². The lowest BCUT2D eigenvalue weighted by Gasteiger charge is -2.21. The van der Waals surface area contributed by atoms with Gasteiger partial charge in [-0.2, -0.15) is 0 Å². The Bertz CT molecular complexity index is 979. The van der Waals surface area contributed by atoms with Crippen molar-refractivity contribution >= 4 is 34.3 Å². The first-order chi connectivity index (χ1) is 13.2. The predicted molar refractivity (Wildman–Crippen MR) is 105 cm³/mol. The number of benzene rings is 1. The fraction of sp³-hybridized carbons (Fsp3) is 0.450. The molecule has 0 radical (unpaired) electrons. The second-order valence-electron chi connectivity index (χ2n) is 6.93. The second kappa shape index (κ2) is 7.76. The van der Waals surface area contributed by atoms with Crippen LogP contribution in [0.4, 0.5) is 0 Å². The molecule has 0 aliphatic heterocycles. The van der Waals surface area contributed by atoms with Gasteiger partial charge in [0.05, 0.1) is 18.4 Å². The summed E-state index contributed by atoms with van der Waals surface area (Å²) in [4.78, 5) is 12.2. The smallest absolute Gasteiger partial charge is 0.316 e. The molecule has 3 aromatic rings. The molecule has 1 aliphatic carbocycles. The number of methoxy groups -OCH3 is 1. The number of aryl methyl sites for hydroxylation is 1. The highest BCUT2D eigenvalue weighted by molar-refractivity contribution is 7.99. The summed E-state index contributed by atoms with van der Waals surface area (Å²) in [5, 5.41) is 10.4. The summed E-state index contributed by atoms with van der Waals surface area (Å²) in [6.45, 7) is 2.01. The van der Waals surface area contributed by atoms with E-state index in [1.165, 1.54) is 18.2 Å². The molecule has 142 valence electrons. The van der Waals surface area contributed by atoms with Gasteiger partial charge in [-0.3, -0.25) is 9.20 Å². The summed E-state index contributed by atoms with van der Waals surface area (Å²) in [6.07, 6.45) is 5.58. The lowest BCUT2D eigenvalue weighted by Crippen LogP contribution is -2.22. The highest BCUT2D eigenvalue weighted by Crippen LogP contribution is 2.28. The Labute approximate surface area is 162 Å². The van der Waals surface area contributed by atoms with Gasteiger partial charge in [0.15, 0.2) is 10.8 Å². The Hall–Kier alpha value is -2.28. The van der Waals surface area contributed by atoms with Crippen molar-refractivity contribution in [1.82, 2.24) is 14.6 Å². The molecule has 0 spiro atoms. The number of rotatable bonds is 5. The van der Waals surface area contributed by atoms with Gasteiger partial charge in [0, 0.05) is 5.39 Å². The van der Waals surface area contributed by atoms with Crippen LogP contribution in [0.3, 0.4) is 0 Å². The Morgan fingerprint density at radius 3 is 2.81 bits per heavy atom. The van der Waals surface area contributed by atoms with E-state index in [0.29, 0.717) is 5.16 Å². The van der Waals surface area contributed by atoms with Crippen molar-refractivity contribution in [2.45, 2.75) is 50.3 Å². The van der Waals surface area contributed by atoms with Crippen LogP contribution in [0.15, 0.2) is 29.4 Å². The van der Waals surface area contributed by atoms with E-state index in [2.05, 4.69) is 16.3 Å². The number of thioether (sulfide) groups is 1. The van der Waals surface area contributed by atoms with E-state index in [1.807, 2.05) is 29.5 Å². The Balaban J connectivity index is 1.57. The van der Waals surface area contributed by atoms with Gasteiger partial charge in [-0.05, 0) is 62.4 Å². The van der Waals surface area contributed by atoms with Crippen molar-refractivity contribution in [1.29, 1.82) is 0 Å². The molecule has 6 nitrogen and oxygen atoms in total. The number of aromatic nitrogens is 3. The summed E-state index contributed by atoms with van der Waals surface area (Å²) in [6, 6.07) is 7.98. The Morgan fingerprint density at radius 2 is 2.04 bits per heavy atom. The molecule has 4 rings (SSSR count). The molecule has 0 N–H and O–H groups in total. The maximum Gasteiger partial charge on any atom is 0.316 e. The number of pyridine rings is 1. The summed E-state index contributed by atoms with van der Waals surface area (Å²) < 4.78 is 12.9. The molecular formula is C20H23N3O3S. The first kappa shape index (κ1) is 18.1. The minimum Gasteiger partial charge on any atom is -0.497 e. The lowest BCUT2D eigenvalue weighted by atomic mass is 9.98. The zero-order chi connectivity index (χ0) is 18.8. The quantitative estimate of drug-likeness (QED) is 0.485.